The molecule has 0 aliphatic heterocycles. The van der Waals surface area contributed by atoms with Crippen molar-refractivity contribution in [3.05, 3.63) is 65.7 Å². The van der Waals surface area contributed by atoms with Crippen LogP contribution in [0.4, 0.5) is 0 Å². The summed E-state index contributed by atoms with van der Waals surface area (Å²) >= 11 is 0. The molecule has 0 saturated carbocycles. The molecule has 6 nitrogen and oxygen atoms in total. The number of amides is 1. The van der Waals surface area contributed by atoms with Crippen LogP contribution in [0, 0.1) is 0 Å². The van der Waals surface area contributed by atoms with E-state index in [9.17, 15) is 14.8 Å². The van der Waals surface area contributed by atoms with E-state index in [4.69, 9.17) is 10.5 Å². The Morgan fingerprint density at radius 2 is 1.66 bits per heavy atom. The maximum Gasteiger partial charge on any atom is 0.245 e. The van der Waals surface area contributed by atoms with E-state index in [0.29, 0.717) is 37.4 Å². The Bertz CT molecular complexity index is 762. The molecule has 1 amide bonds. The van der Waals surface area contributed by atoms with Gasteiger partial charge < -0.3 is 15.3 Å². The predicted molar refractivity (Wildman–Crippen MR) is 112 cm³/mol. The first-order valence-electron chi connectivity index (χ1n) is 9.94. The Balaban J connectivity index is 1.71. The minimum Gasteiger partial charge on any atom is -0.489 e. The minimum absolute atomic E-state index is 0.0673. The molecule has 156 valence electrons. The fourth-order valence-electron chi connectivity index (χ4n) is 2.93. The van der Waals surface area contributed by atoms with Crippen LogP contribution in [0.25, 0.3) is 0 Å². The molecule has 2 aromatic rings. The monoisotopic (exact) mass is 398 g/mol. The number of rotatable bonds is 12. The molecule has 29 heavy (non-hydrogen) atoms. The van der Waals surface area contributed by atoms with E-state index in [1.165, 1.54) is 6.92 Å². The molecule has 3 N–H and O–H groups in total. The van der Waals surface area contributed by atoms with Crippen LogP contribution in [0.1, 0.15) is 43.7 Å². The first-order valence-corrected chi connectivity index (χ1v) is 9.94. The number of unbranched alkanes of at least 4 members (excludes halogenated alkanes) is 1. The van der Waals surface area contributed by atoms with Crippen molar-refractivity contribution in [2.24, 2.45) is 5.73 Å². The summed E-state index contributed by atoms with van der Waals surface area (Å²) < 4.78 is 5.76. The summed E-state index contributed by atoms with van der Waals surface area (Å²) in [5.41, 5.74) is 8.19. The highest BCUT2D eigenvalue weighted by atomic mass is 16.5. The fraction of sp³-hybridized carbons (Fsp3) is 0.391. The van der Waals surface area contributed by atoms with Crippen molar-refractivity contribution < 1.29 is 19.5 Å². The Kier molecular flexibility index (Phi) is 9.34. The van der Waals surface area contributed by atoms with Gasteiger partial charge in [0.25, 0.3) is 0 Å². The highest BCUT2D eigenvalue weighted by Crippen LogP contribution is 2.15. The van der Waals surface area contributed by atoms with Crippen LogP contribution in [0.2, 0.25) is 0 Å². The zero-order valence-electron chi connectivity index (χ0n) is 16.9. The molecule has 2 rings (SSSR count). The Labute approximate surface area is 172 Å². The second-order valence-corrected chi connectivity index (χ2v) is 7.27. The summed E-state index contributed by atoms with van der Waals surface area (Å²) in [5, 5.41) is 10.6. The number of nitrogens with zero attached hydrogens (tertiary/aromatic N) is 1. The van der Waals surface area contributed by atoms with E-state index in [0.717, 1.165) is 16.9 Å². The SMILES string of the molecule is CC(=O)CCCCC(=O)N(O)CC(N)Cc1ccc(OCc2ccccc2)cc1. The van der Waals surface area contributed by atoms with Gasteiger partial charge in [-0.05, 0) is 49.4 Å². The first kappa shape index (κ1) is 22.6. The Morgan fingerprint density at radius 1 is 1.00 bits per heavy atom. The number of benzene rings is 2. The Hall–Kier alpha value is -2.70. The van der Waals surface area contributed by atoms with Gasteiger partial charge in [-0.15, -0.1) is 0 Å². The van der Waals surface area contributed by atoms with Crippen molar-refractivity contribution >= 4 is 11.7 Å². The number of hydroxylamine groups is 2. The summed E-state index contributed by atoms with van der Waals surface area (Å²) in [6.07, 6.45) is 2.44. The second kappa shape index (κ2) is 12.0. The van der Waals surface area contributed by atoms with E-state index in [1.54, 1.807) is 0 Å². The molecule has 0 saturated heterocycles. The molecular weight excluding hydrogens is 368 g/mol. The van der Waals surface area contributed by atoms with E-state index >= 15 is 0 Å². The average Bonchev–Trinajstić information content (AvgIpc) is 2.71. The summed E-state index contributed by atoms with van der Waals surface area (Å²) in [7, 11) is 0. The van der Waals surface area contributed by atoms with Crippen LogP contribution in [-0.2, 0) is 22.6 Å². The second-order valence-electron chi connectivity index (χ2n) is 7.27. The molecule has 0 aliphatic rings. The quantitative estimate of drug-likeness (QED) is 0.324. The number of carbonyl (C=O) groups is 2. The van der Waals surface area contributed by atoms with Gasteiger partial charge in [-0.2, -0.15) is 0 Å². The Morgan fingerprint density at radius 3 is 2.31 bits per heavy atom. The van der Waals surface area contributed by atoms with Crippen molar-refractivity contribution in [3.63, 3.8) is 0 Å². The summed E-state index contributed by atoms with van der Waals surface area (Å²) in [6.45, 7) is 2.10. The van der Waals surface area contributed by atoms with Gasteiger partial charge >= 0.3 is 0 Å². The number of Topliss-reactive ketones (excluding diaryl/α,β-unsaturated/α-hetero) is 1. The van der Waals surface area contributed by atoms with Crippen LogP contribution in [0.15, 0.2) is 54.6 Å². The van der Waals surface area contributed by atoms with E-state index < -0.39 is 0 Å². The molecule has 0 spiro atoms. The molecule has 0 fully saturated rings. The molecule has 1 atom stereocenters. The van der Waals surface area contributed by atoms with Gasteiger partial charge in [0.1, 0.15) is 18.1 Å². The molecule has 0 heterocycles. The van der Waals surface area contributed by atoms with Gasteiger partial charge in [-0.25, -0.2) is 5.06 Å². The molecule has 1 unspecified atom stereocenters. The number of nitrogens with two attached hydrogens (primary N) is 1. The van der Waals surface area contributed by atoms with Gasteiger partial charge in [-0.1, -0.05) is 42.5 Å². The number of hydrogen-bond acceptors (Lipinski definition) is 5. The maximum atomic E-state index is 11.9. The molecular formula is C23H30N2O4. The van der Waals surface area contributed by atoms with Crippen molar-refractivity contribution in [3.8, 4) is 5.75 Å². The molecule has 0 bridgehead atoms. The number of carbonyl (C=O) groups excluding carboxylic acids is 2. The third kappa shape index (κ3) is 8.89. The molecule has 2 aromatic carbocycles. The standard InChI is InChI=1S/C23H30N2O4/c1-18(26)7-5-6-10-23(27)25(28)16-21(24)15-19-11-13-22(14-12-19)29-17-20-8-3-2-4-9-20/h2-4,8-9,11-14,21,28H,5-7,10,15-17,24H2,1H3. The average molecular weight is 399 g/mol. The highest BCUT2D eigenvalue weighted by Gasteiger charge is 2.15. The van der Waals surface area contributed by atoms with Crippen molar-refractivity contribution in [2.75, 3.05) is 6.54 Å². The third-order valence-electron chi connectivity index (χ3n) is 4.53. The van der Waals surface area contributed by atoms with Crippen LogP contribution in [0.5, 0.6) is 5.75 Å². The van der Waals surface area contributed by atoms with Gasteiger partial charge in [0.2, 0.25) is 5.91 Å². The van der Waals surface area contributed by atoms with E-state index in [1.807, 2.05) is 54.6 Å². The highest BCUT2D eigenvalue weighted by molar-refractivity contribution is 5.76. The van der Waals surface area contributed by atoms with Crippen molar-refractivity contribution in [1.29, 1.82) is 0 Å². The van der Waals surface area contributed by atoms with Crippen LogP contribution >= 0.6 is 0 Å². The third-order valence-corrected chi connectivity index (χ3v) is 4.53. The van der Waals surface area contributed by atoms with Crippen LogP contribution < -0.4 is 10.5 Å². The summed E-state index contributed by atoms with van der Waals surface area (Å²) in [4.78, 5) is 22.8. The lowest BCUT2D eigenvalue weighted by Crippen LogP contribution is -2.40. The smallest absolute Gasteiger partial charge is 0.245 e. The first-order chi connectivity index (χ1) is 13.9. The summed E-state index contributed by atoms with van der Waals surface area (Å²) in [5.74, 6) is 0.515. The minimum atomic E-state index is -0.378. The van der Waals surface area contributed by atoms with Crippen LogP contribution in [0.3, 0.4) is 0 Å². The van der Waals surface area contributed by atoms with Gasteiger partial charge in [-0.3, -0.25) is 10.0 Å². The van der Waals surface area contributed by atoms with E-state index in [2.05, 4.69) is 0 Å². The number of ether oxygens (including phenoxy) is 1. The fourth-order valence-corrected chi connectivity index (χ4v) is 2.93. The topological polar surface area (TPSA) is 92.9 Å². The number of hydrogen-bond donors (Lipinski definition) is 2. The van der Waals surface area contributed by atoms with Gasteiger partial charge in [0, 0.05) is 18.9 Å². The molecule has 6 heteroatoms. The van der Waals surface area contributed by atoms with Crippen LogP contribution in [-0.4, -0.2) is 34.5 Å². The summed E-state index contributed by atoms with van der Waals surface area (Å²) in [6, 6.07) is 17.2. The molecule has 0 aromatic heterocycles. The van der Waals surface area contributed by atoms with Crippen molar-refractivity contribution in [2.45, 2.75) is 51.7 Å². The van der Waals surface area contributed by atoms with Crippen molar-refractivity contribution in [1.82, 2.24) is 5.06 Å². The zero-order chi connectivity index (χ0) is 21.1. The van der Waals surface area contributed by atoms with Gasteiger partial charge in [0.15, 0.2) is 0 Å². The lowest BCUT2D eigenvalue weighted by molar-refractivity contribution is -0.166. The maximum absolute atomic E-state index is 11.9. The zero-order valence-corrected chi connectivity index (χ0v) is 16.9. The number of ketones is 1. The van der Waals surface area contributed by atoms with Gasteiger partial charge in [0.05, 0.1) is 6.54 Å². The molecule has 0 aliphatic carbocycles. The predicted octanol–water partition coefficient (Wildman–Crippen LogP) is 3.50. The molecule has 0 radical (unpaired) electrons. The lowest BCUT2D eigenvalue weighted by atomic mass is 10.1. The largest absolute Gasteiger partial charge is 0.489 e. The van der Waals surface area contributed by atoms with E-state index in [-0.39, 0.29) is 30.7 Å². The normalized spacial score (nSPS) is 11.7. The lowest BCUT2D eigenvalue weighted by Gasteiger charge is -2.20.